The van der Waals surface area contributed by atoms with E-state index in [2.05, 4.69) is 0 Å². The highest BCUT2D eigenvalue weighted by Crippen LogP contribution is 2.25. The summed E-state index contributed by atoms with van der Waals surface area (Å²) in [7, 11) is 0. The number of hydrogen-bond acceptors (Lipinski definition) is 3. The van der Waals surface area contributed by atoms with Crippen LogP contribution in [0.2, 0.25) is 5.02 Å². The zero-order valence-electron chi connectivity index (χ0n) is 6.75. The van der Waals surface area contributed by atoms with E-state index in [1.807, 2.05) is 0 Å². The van der Waals surface area contributed by atoms with Gasteiger partial charge in [0.1, 0.15) is 5.84 Å². The average molecular weight is 218 g/mol. The maximum atomic E-state index is 12.9. The second-order valence-electron chi connectivity index (χ2n) is 2.45. The Morgan fingerprint density at radius 1 is 1.64 bits per heavy atom. The van der Waals surface area contributed by atoms with Crippen LogP contribution in [0.4, 0.5) is 10.1 Å². The summed E-state index contributed by atoms with van der Waals surface area (Å²) in [6.45, 7) is 0. The van der Waals surface area contributed by atoms with Crippen molar-refractivity contribution in [2.24, 2.45) is 5.73 Å². The molecule has 0 spiro atoms. The lowest BCUT2D eigenvalue weighted by Crippen LogP contribution is -2.12. The van der Waals surface area contributed by atoms with Crippen molar-refractivity contribution in [2.75, 3.05) is 0 Å². The third-order valence-electron chi connectivity index (χ3n) is 1.52. The third-order valence-corrected chi connectivity index (χ3v) is 1.84. The van der Waals surface area contributed by atoms with E-state index in [1.54, 1.807) is 0 Å². The van der Waals surface area contributed by atoms with Gasteiger partial charge in [0.2, 0.25) is 5.82 Å². The van der Waals surface area contributed by atoms with E-state index in [-0.39, 0.29) is 10.6 Å². The van der Waals surface area contributed by atoms with Crippen LogP contribution in [0.5, 0.6) is 0 Å². The second kappa shape index (κ2) is 3.59. The Kier molecular flexibility index (Phi) is 2.66. The highest BCUT2D eigenvalue weighted by Gasteiger charge is 2.18. The minimum absolute atomic E-state index is 0.0558. The molecule has 3 N–H and O–H groups in total. The summed E-state index contributed by atoms with van der Waals surface area (Å²) in [4.78, 5) is 9.41. The molecule has 0 fully saturated rings. The number of nitrogens with one attached hydrogen (secondary N) is 1. The molecule has 14 heavy (non-hydrogen) atoms. The molecule has 5 nitrogen and oxygen atoms in total. The minimum atomic E-state index is -1.05. The molecule has 0 aromatic heterocycles. The summed E-state index contributed by atoms with van der Waals surface area (Å²) >= 11 is 5.52. The van der Waals surface area contributed by atoms with Crippen molar-refractivity contribution in [2.45, 2.75) is 0 Å². The number of nitrogen functional groups attached to an aromatic ring is 1. The fraction of sp³-hybridized carbons (Fsp3) is 0. The second-order valence-corrected chi connectivity index (χ2v) is 2.86. The number of nitrogens with two attached hydrogens (primary N) is 1. The molecular formula is C7H5ClFN3O2. The van der Waals surface area contributed by atoms with Gasteiger partial charge in [0.15, 0.2) is 0 Å². The Morgan fingerprint density at radius 3 is 2.64 bits per heavy atom. The quantitative estimate of drug-likeness (QED) is 0.342. The normalized spacial score (nSPS) is 9.86. The van der Waals surface area contributed by atoms with Crippen LogP contribution in [0.1, 0.15) is 5.56 Å². The lowest BCUT2D eigenvalue weighted by molar-refractivity contribution is -0.387. The van der Waals surface area contributed by atoms with Gasteiger partial charge in [-0.2, -0.15) is 4.39 Å². The van der Waals surface area contributed by atoms with Crippen LogP contribution >= 0.6 is 11.6 Å². The van der Waals surface area contributed by atoms with Crippen molar-refractivity contribution in [3.63, 3.8) is 0 Å². The van der Waals surface area contributed by atoms with Crippen LogP contribution in [0.25, 0.3) is 0 Å². The van der Waals surface area contributed by atoms with Crippen molar-refractivity contribution in [3.05, 3.63) is 38.7 Å². The van der Waals surface area contributed by atoms with E-state index < -0.39 is 22.3 Å². The van der Waals surface area contributed by atoms with E-state index in [1.165, 1.54) is 0 Å². The molecule has 0 aliphatic heterocycles. The number of nitro groups is 1. The van der Waals surface area contributed by atoms with Gasteiger partial charge in [-0.15, -0.1) is 0 Å². The van der Waals surface area contributed by atoms with Gasteiger partial charge in [-0.1, -0.05) is 11.6 Å². The summed E-state index contributed by atoms with van der Waals surface area (Å²) in [6, 6.07) is 1.59. The predicted octanol–water partition coefficient (Wildman–Crippen LogP) is 1.67. The van der Waals surface area contributed by atoms with Gasteiger partial charge in [-0.3, -0.25) is 15.5 Å². The first-order chi connectivity index (χ1) is 6.43. The number of amidine groups is 1. The molecule has 0 aliphatic carbocycles. The molecule has 1 aromatic rings. The number of nitro benzene ring substituents is 1. The first-order valence-corrected chi connectivity index (χ1v) is 3.79. The molecule has 1 rings (SSSR count). The Morgan fingerprint density at radius 2 is 2.21 bits per heavy atom. The highest BCUT2D eigenvalue weighted by atomic mass is 35.5. The van der Waals surface area contributed by atoms with Gasteiger partial charge < -0.3 is 5.73 Å². The van der Waals surface area contributed by atoms with Gasteiger partial charge in [0.05, 0.1) is 9.95 Å². The van der Waals surface area contributed by atoms with E-state index in [0.29, 0.717) is 0 Å². The van der Waals surface area contributed by atoms with Crippen molar-refractivity contribution >= 4 is 23.1 Å². The largest absolute Gasteiger partial charge is 0.384 e. The average Bonchev–Trinajstić information content (AvgIpc) is 2.02. The van der Waals surface area contributed by atoms with Crippen LogP contribution in [0.15, 0.2) is 12.1 Å². The molecule has 7 heteroatoms. The Bertz CT molecular complexity index is 386. The first kappa shape index (κ1) is 10.4. The van der Waals surface area contributed by atoms with Crippen LogP contribution in [0, 0.1) is 21.3 Å². The lowest BCUT2D eigenvalue weighted by Gasteiger charge is -2.01. The van der Waals surface area contributed by atoms with Crippen LogP contribution in [-0.4, -0.2) is 10.8 Å². The van der Waals surface area contributed by atoms with Crippen LogP contribution in [-0.2, 0) is 0 Å². The van der Waals surface area contributed by atoms with Gasteiger partial charge in [0.25, 0.3) is 0 Å². The van der Waals surface area contributed by atoms with Crippen molar-refractivity contribution in [1.82, 2.24) is 0 Å². The molecule has 0 bridgehead atoms. The van der Waals surface area contributed by atoms with E-state index in [0.717, 1.165) is 12.1 Å². The molecular weight excluding hydrogens is 213 g/mol. The summed E-state index contributed by atoms with van der Waals surface area (Å²) in [5.41, 5.74) is 4.28. The maximum absolute atomic E-state index is 12.9. The number of hydrogen-bond donors (Lipinski definition) is 2. The van der Waals surface area contributed by atoms with Crippen LogP contribution < -0.4 is 5.73 Å². The lowest BCUT2D eigenvalue weighted by atomic mass is 10.2. The van der Waals surface area contributed by atoms with E-state index >= 15 is 0 Å². The number of halogens is 2. The number of rotatable bonds is 2. The summed E-state index contributed by atoms with van der Waals surface area (Å²) < 4.78 is 12.9. The molecule has 0 atom stereocenters. The van der Waals surface area contributed by atoms with Gasteiger partial charge >= 0.3 is 5.69 Å². The molecule has 0 heterocycles. The predicted molar refractivity (Wildman–Crippen MR) is 49.1 cm³/mol. The molecule has 0 unspecified atom stereocenters. The highest BCUT2D eigenvalue weighted by molar-refractivity contribution is 6.34. The SMILES string of the molecule is N=C(N)c1cc([N+](=O)[O-])c(F)cc1Cl. The number of benzene rings is 1. The molecule has 0 aliphatic rings. The van der Waals surface area contributed by atoms with Crippen molar-refractivity contribution < 1.29 is 9.31 Å². The monoisotopic (exact) mass is 217 g/mol. The van der Waals surface area contributed by atoms with Crippen molar-refractivity contribution in [3.8, 4) is 0 Å². The zero-order valence-corrected chi connectivity index (χ0v) is 7.51. The third kappa shape index (κ3) is 1.80. The number of nitrogens with zero attached hydrogens (tertiary/aromatic N) is 1. The molecule has 0 amide bonds. The Balaban J connectivity index is 3.42. The first-order valence-electron chi connectivity index (χ1n) is 3.41. The summed E-state index contributed by atoms with van der Waals surface area (Å²) in [6.07, 6.45) is 0. The minimum Gasteiger partial charge on any atom is -0.384 e. The van der Waals surface area contributed by atoms with Gasteiger partial charge in [-0.05, 0) is 0 Å². The summed E-state index contributed by atoms with van der Waals surface area (Å²) in [5.74, 6) is -1.50. The molecule has 0 saturated heterocycles. The van der Waals surface area contributed by atoms with E-state index in [4.69, 9.17) is 22.7 Å². The van der Waals surface area contributed by atoms with Gasteiger partial charge in [0, 0.05) is 17.7 Å². The molecule has 1 aromatic carbocycles. The fourth-order valence-corrected chi connectivity index (χ4v) is 1.14. The van der Waals surface area contributed by atoms with Crippen molar-refractivity contribution in [1.29, 1.82) is 5.41 Å². The Labute approximate surface area is 82.9 Å². The van der Waals surface area contributed by atoms with E-state index in [9.17, 15) is 14.5 Å². The zero-order chi connectivity index (χ0) is 10.9. The molecule has 0 radical (unpaired) electrons. The Hall–Kier alpha value is -1.69. The molecule has 0 saturated carbocycles. The fourth-order valence-electron chi connectivity index (χ4n) is 0.884. The standard InChI is InChI=1S/C7H5ClFN3O2/c8-4-2-5(9)6(12(13)14)1-3(4)7(10)11/h1-2H,(H3,10,11). The molecule has 74 valence electrons. The van der Waals surface area contributed by atoms with Crippen LogP contribution in [0.3, 0.4) is 0 Å². The topological polar surface area (TPSA) is 93.0 Å². The smallest absolute Gasteiger partial charge is 0.305 e. The van der Waals surface area contributed by atoms with Gasteiger partial charge in [-0.25, -0.2) is 0 Å². The summed E-state index contributed by atoms with van der Waals surface area (Å²) in [5, 5.41) is 17.2. The maximum Gasteiger partial charge on any atom is 0.305 e.